The maximum atomic E-state index is 13.7. The summed E-state index contributed by atoms with van der Waals surface area (Å²) in [7, 11) is -3.70. The lowest BCUT2D eigenvalue weighted by atomic mass is 9.74. The number of nitrogens with zero attached hydrogens (tertiary/aromatic N) is 3. The Balaban J connectivity index is 0.00000119. The van der Waals surface area contributed by atoms with Crippen LogP contribution >= 0.6 is 0 Å². The second-order valence-corrected chi connectivity index (χ2v) is 11.6. The number of likely N-dealkylation sites (tertiary alicyclic amines) is 1. The van der Waals surface area contributed by atoms with Crippen LogP contribution in [0.1, 0.15) is 63.8 Å². The first-order valence-corrected chi connectivity index (χ1v) is 13.3. The van der Waals surface area contributed by atoms with E-state index >= 15 is 0 Å². The van der Waals surface area contributed by atoms with Gasteiger partial charge < -0.3 is 9.64 Å². The number of ether oxygens (including phenoxy) is 1. The van der Waals surface area contributed by atoms with E-state index in [1.54, 1.807) is 0 Å². The molecule has 1 aliphatic carbocycles. The van der Waals surface area contributed by atoms with Crippen molar-refractivity contribution < 1.29 is 21.9 Å². The van der Waals surface area contributed by atoms with Gasteiger partial charge in [-0.05, 0) is 43.7 Å². The normalized spacial score (nSPS) is 24.4. The van der Waals surface area contributed by atoms with Crippen LogP contribution in [-0.2, 0) is 20.7 Å². The van der Waals surface area contributed by atoms with Gasteiger partial charge in [0.15, 0.2) is 0 Å². The van der Waals surface area contributed by atoms with Crippen LogP contribution in [0.15, 0.2) is 17.0 Å². The van der Waals surface area contributed by atoms with Crippen molar-refractivity contribution in [2.75, 3.05) is 45.9 Å². The standard InChI is InChI=1S/C21H29F2N3O3S.C2H6/c1-20(22,23)18-5-4-17(19(24-18)16-2-3-16)30(27,28)26-13-21(14-26)11-25(12-21)10-15-6-8-29-9-7-15;1-2/h4-5,15-16H,2-3,6-14H2,1H3;1-2H3. The number of alkyl halides is 2. The highest BCUT2D eigenvalue weighted by atomic mass is 32.2. The van der Waals surface area contributed by atoms with Gasteiger partial charge in [0, 0.05) is 64.2 Å². The van der Waals surface area contributed by atoms with E-state index in [4.69, 9.17) is 4.74 Å². The molecule has 1 aromatic heterocycles. The summed E-state index contributed by atoms with van der Waals surface area (Å²) >= 11 is 0. The van der Waals surface area contributed by atoms with E-state index < -0.39 is 15.9 Å². The van der Waals surface area contributed by atoms with Gasteiger partial charge >= 0.3 is 0 Å². The van der Waals surface area contributed by atoms with Crippen molar-refractivity contribution in [2.45, 2.75) is 63.2 Å². The third-order valence-electron chi connectivity index (χ3n) is 6.92. The van der Waals surface area contributed by atoms with Gasteiger partial charge in [-0.25, -0.2) is 13.4 Å². The number of sulfonamides is 1. The van der Waals surface area contributed by atoms with Crippen LogP contribution in [0.25, 0.3) is 0 Å². The molecule has 4 heterocycles. The molecule has 0 aromatic carbocycles. The molecule has 3 aliphatic heterocycles. The molecule has 0 atom stereocenters. The van der Waals surface area contributed by atoms with E-state index in [1.807, 2.05) is 13.8 Å². The van der Waals surface area contributed by atoms with Crippen molar-refractivity contribution in [2.24, 2.45) is 11.3 Å². The van der Waals surface area contributed by atoms with Crippen LogP contribution in [0.3, 0.4) is 0 Å². The predicted molar refractivity (Wildman–Crippen MR) is 118 cm³/mol. The fraction of sp³-hybridized carbons (Fsp3) is 0.783. The van der Waals surface area contributed by atoms with Crippen molar-refractivity contribution in [3.63, 3.8) is 0 Å². The molecule has 1 spiro atoms. The minimum absolute atomic E-state index is 0.0222. The Morgan fingerprint density at radius 1 is 1.09 bits per heavy atom. The quantitative estimate of drug-likeness (QED) is 0.631. The summed E-state index contributed by atoms with van der Waals surface area (Å²) in [6.45, 7) is 10.4. The Morgan fingerprint density at radius 2 is 1.72 bits per heavy atom. The molecule has 1 saturated carbocycles. The molecule has 0 amide bonds. The fourth-order valence-corrected chi connectivity index (χ4v) is 6.99. The number of pyridine rings is 1. The summed E-state index contributed by atoms with van der Waals surface area (Å²) in [6, 6.07) is 2.50. The summed E-state index contributed by atoms with van der Waals surface area (Å²) in [5.74, 6) is -2.42. The van der Waals surface area contributed by atoms with Gasteiger partial charge in [0.1, 0.15) is 10.6 Å². The molecule has 3 saturated heterocycles. The Kier molecular flexibility index (Phi) is 6.66. The van der Waals surface area contributed by atoms with Crippen molar-refractivity contribution >= 4 is 10.0 Å². The van der Waals surface area contributed by atoms with Crippen LogP contribution < -0.4 is 0 Å². The smallest absolute Gasteiger partial charge is 0.286 e. The summed E-state index contributed by atoms with van der Waals surface area (Å²) in [6.07, 6.45) is 3.82. The van der Waals surface area contributed by atoms with Crippen LogP contribution in [0.4, 0.5) is 8.78 Å². The number of rotatable bonds is 6. The molecule has 6 nitrogen and oxygen atoms in total. The van der Waals surface area contributed by atoms with Gasteiger partial charge in [-0.1, -0.05) is 13.8 Å². The first-order chi connectivity index (χ1) is 15.2. The van der Waals surface area contributed by atoms with E-state index in [9.17, 15) is 17.2 Å². The van der Waals surface area contributed by atoms with E-state index in [1.165, 1.54) is 10.4 Å². The molecule has 4 fully saturated rings. The van der Waals surface area contributed by atoms with E-state index in [0.717, 1.165) is 71.5 Å². The minimum Gasteiger partial charge on any atom is -0.381 e. The van der Waals surface area contributed by atoms with Crippen LogP contribution in [-0.4, -0.2) is 68.5 Å². The fourth-order valence-electron chi connectivity index (χ4n) is 5.11. The van der Waals surface area contributed by atoms with Crippen molar-refractivity contribution in [1.29, 1.82) is 0 Å². The summed E-state index contributed by atoms with van der Waals surface area (Å²) in [5, 5.41) is 0. The minimum atomic E-state index is -3.70. The highest BCUT2D eigenvalue weighted by molar-refractivity contribution is 7.89. The molecule has 180 valence electrons. The first-order valence-electron chi connectivity index (χ1n) is 11.9. The number of hydrogen-bond acceptors (Lipinski definition) is 5. The monoisotopic (exact) mass is 471 g/mol. The van der Waals surface area contributed by atoms with Gasteiger partial charge in [-0.3, -0.25) is 0 Å². The highest BCUT2D eigenvalue weighted by Gasteiger charge is 2.55. The second-order valence-electron chi connectivity index (χ2n) is 9.74. The maximum absolute atomic E-state index is 13.7. The topological polar surface area (TPSA) is 62.7 Å². The Morgan fingerprint density at radius 3 is 2.28 bits per heavy atom. The molecule has 0 N–H and O–H groups in total. The SMILES string of the molecule is CC.CC(F)(F)c1ccc(S(=O)(=O)N2CC3(CN(CC4CCOCC4)C3)C2)c(C2CC2)n1. The average molecular weight is 472 g/mol. The third-order valence-corrected chi connectivity index (χ3v) is 8.76. The maximum Gasteiger partial charge on any atom is 0.286 e. The van der Waals surface area contributed by atoms with Crippen molar-refractivity contribution in [3.05, 3.63) is 23.5 Å². The molecule has 4 aliphatic rings. The summed E-state index contributed by atoms with van der Waals surface area (Å²) in [4.78, 5) is 6.63. The van der Waals surface area contributed by atoms with Gasteiger partial charge in [0.2, 0.25) is 10.0 Å². The second kappa shape index (κ2) is 8.89. The van der Waals surface area contributed by atoms with E-state index in [2.05, 4.69) is 9.88 Å². The lowest BCUT2D eigenvalue weighted by Gasteiger charge is -2.60. The zero-order valence-corrected chi connectivity index (χ0v) is 20.1. The molecule has 1 aromatic rings. The largest absolute Gasteiger partial charge is 0.381 e. The molecule has 0 radical (unpaired) electrons. The molecular formula is C23H35F2N3O3S. The molecule has 32 heavy (non-hydrogen) atoms. The Labute approximate surface area is 190 Å². The van der Waals surface area contributed by atoms with Gasteiger partial charge in [0.05, 0.1) is 5.69 Å². The highest BCUT2D eigenvalue weighted by Crippen LogP contribution is 2.46. The Bertz CT molecular complexity index is 911. The lowest BCUT2D eigenvalue weighted by Crippen LogP contribution is -2.73. The number of hydrogen-bond donors (Lipinski definition) is 0. The van der Waals surface area contributed by atoms with Crippen LogP contribution in [0.5, 0.6) is 0 Å². The van der Waals surface area contributed by atoms with Gasteiger partial charge in [-0.15, -0.1) is 0 Å². The molecule has 0 bridgehead atoms. The van der Waals surface area contributed by atoms with E-state index in [-0.39, 0.29) is 21.9 Å². The molecule has 0 unspecified atom stereocenters. The Hall–Kier alpha value is -1.16. The number of aromatic nitrogens is 1. The van der Waals surface area contributed by atoms with E-state index in [0.29, 0.717) is 24.7 Å². The summed E-state index contributed by atoms with van der Waals surface area (Å²) in [5.41, 5.74) is 0.0258. The zero-order chi connectivity index (χ0) is 23.1. The zero-order valence-electron chi connectivity index (χ0n) is 19.3. The molecular weight excluding hydrogens is 436 g/mol. The molecule has 5 rings (SSSR count). The lowest BCUT2D eigenvalue weighted by molar-refractivity contribution is -0.0912. The first kappa shape index (κ1) is 24.0. The average Bonchev–Trinajstić information content (AvgIpc) is 3.55. The third kappa shape index (κ3) is 4.72. The van der Waals surface area contributed by atoms with Crippen LogP contribution in [0, 0.1) is 11.3 Å². The van der Waals surface area contributed by atoms with Gasteiger partial charge in [0.25, 0.3) is 5.92 Å². The van der Waals surface area contributed by atoms with Crippen molar-refractivity contribution in [1.82, 2.24) is 14.2 Å². The van der Waals surface area contributed by atoms with Crippen molar-refractivity contribution in [3.8, 4) is 0 Å². The molecule has 9 heteroatoms. The predicted octanol–water partition coefficient (Wildman–Crippen LogP) is 3.83. The number of halogens is 2. The van der Waals surface area contributed by atoms with Crippen LogP contribution in [0.2, 0.25) is 0 Å². The van der Waals surface area contributed by atoms with Gasteiger partial charge in [-0.2, -0.15) is 13.1 Å². The summed E-state index contributed by atoms with van der Waals surface area (Å²) < 4.78 is 60.8.